The smallest absolute Gasteiger partial charge is 0.283 e. The number of aromatic amines is 1. The molecule has 3 aromatic rings. The van der Waals surface area contributed by atoms with Gasteiger partial charge >= 0.3 is 0 Å². The van der Waals surface area contributed by atoms with Crippen LogP contribution in [0.4, 0.5) is 0 Å². The van der Waals surface area contributed by atoms with Crippen LogP contribution in [0.2, 0.25) is 0 Å². The van der Waals surface area contributed by atoms with Gasteiger partial charge in [0.1, 0.15) is 18.1 Å². The second-order valence-corrected chi connectivity index (χ2v) is 5.41. The van der Waals surface area contributed by atoms with Crippen LogP contribution in [0.15, 0.2) is 54.6 Å². The van der Waals surface area contributed by atoms with Gasteiger partial charge < -0.3 is 4.74 Å². The standard InChI is InChI=1S/C18H18N4O2/c1-12-6-8-13(9-7-12)11-24-17-5-3-2-4-14(17)15-10-16(22-21-15)18(23)20-19/h2-10H,11,19H2,1H3,(H,20,23)(H,21,22). The lowest BCUT2D eigenvalue weighted by molar-refractivity contribution is 0.0948. The highest BCUT2D eigenvalue weighted by Crippen LogP contribution is 2.29. The molecule has 4 N–H and O–H groups in total. The number of aryl methyl sites for hydroxylation is 1. The Morgan fingerprint density at radius 1 is 1.21 bits per heavy atom. The summed E-state index contributed by atoms with van der Waals surface area (Å²) in [6.45, 7) is 2.50. The summed E-state index contributed by atoms with van der Waals surface area (Å²) in [4.78, 5) is 11.5. The molecular formula is C18H18N4O2. The van der Waals surface area contributed by atoms with Gasteiger partial charge in [-0.2, -0.15) is 5.10 Å². The molecule has 0 saturated carbocycles. The van der Waals surface area contributed by atoms with E-state index in [4.69, 9.17) is 10.6 Å². The highest BCUT2D eigenvalue weighted by molar-refractivity contribution is 5.93. The number of nitrogens with two attached hydrogens (primary N) is 1. The second-order valence-electron chi connectivity index (χ2n) is 5.41. The average Bonchev–Trinajstić information content (AvgIpc) is 3.11. The van der Waals surface area contributed by atoms with E-state index < -0.39 is 5.91 Å². The third-order valence-corrected chi connectivity index (χ3v) is 3.63. The zero-order valence-corrected chi connectivity index (χ0v) is 13.2. The summed E-state index contributed by atoms with van der Waals surface area (Å²) >= 11 is 0. The van der Waals surface area contributed by atoms with Gasteiger partial charge in [-0.15, -0.1) is 0 Å². The van der Waals surface area contributed by atoms with E-state index in [1.54, 1.807) is 6.07 Å². The summed E-state index contributed by atoms with van der Waals surface area (Å²) in [5, 5.41) is 6.83. The third kappa shape index (κ3) is 3.44. The number of amides is 1. The molecule has 1 heterocycles. The van der Waals surface area contributed by atoms with E-state index in [2.05, 4.69) is 27.8 Å². The fourth-order valence-corrected chi connectivity index (χ4v) is 2.30. The van der Waals surface area contributed by atoms with E-state index in [9.17, 15) is 4.79 Å². The van der Waals surface area contributed by atoms with Crippen molar-refractivity contribution in [2.75, 3.05) is 0 Å². The zero-order valence-electron chi connectivity index (χ0n) is 13.2. The van der Waals surface area contributed by atoms with Crippen molar-refractivity contribution in [1.29, 1.82) is 0 Å². The first-order valence-corrected chi connectivity index (χ1v) is 7.51. The molecule has 0 saturated heterocycles. The predicted octanol–water partition coefficient (Wildman–Crippen LogP) is 2.57. The monoisotopic (exact) mass is 322 g/mol. The molecule has 122 valence electrons. The third-order valence-electron chi connectivity index (χ3n) is 3.63. The molecular weight excluding hydrogens is 304 g/mol. The molecule has 1 amide bonds. The first-order chi connectivity index (χ1) is 11.7. The van der Waals surface area contributed by atoms with Crippen LogP contribution in [0.3, 0.4) is 0 Å². The molecule has 0 unspecified atom stereocenters. The van der Waals surface area contributed by atoms with Crippen LogP contribution in [0, 0.1) is 6.92 Å². The van der Waals surface area contributed by atoms with Crippen molar-refractivity contribution in [2.45, 2.75) is 13.5 Å². The number of nitrogens with one attached hydrogen (secondary N) is 2. The number of aromatic nitrogens is 2. The van der Waals surface area contributed by atoms with Gasteiger partial charge in [0, 0.05) is 5.56 Å². The van der Waals surface area contributed by atoms with Gasteiger partial charge in [0.05, 0.1) is 5.69 Å². The van der Waals surface area contributed by atoms with Crippen molar-refractivity contribution < 1.29 is 9.53 Å². The van der Waals surface area contributed by atoms with E-state index in [0.717, 1.165) is 11.1 Å². The molecule has 0 spiro atoms. The number of para-hydroxylation sites is 1. The fourth-order valence-electron chi connectivity index (χ4n) is 2.30. The van der Waals surface area contributed by atoms with Crippen molar-refractivity contribution in [3.8, 4) is 17.0 Å². The molecule has 0 aliphatic carbocycles. The quantitative estimate of drug-likeness (QED) is 0.382. The summed E-state index contributed by atoms with van der Waals surface area (Å²) < 4.78 is 5.93. The van der Waals surface area contributed by atoms with Crippen molar-refractivity contribution in [1.82, 2.24) is 15.6 Å². The Bertz CT molecular complexity index is 840. The maximum atomic E-state index is 11.5. The number of ether oxygens (including phenoxy) is 1. The number of hydrazine groups is 1. The van der Waals surface area contributed by atoms with Crippen LogP contribution in [0.5, 0.6) is 5.75 Å². The Labute approximate surface area is 139 Å². The number of benzene rings is 2. The van der Waals surface area contributed by atoms with Crippen LogP contribution in [-0.2, 0) is 6.61 Å². The maximum Gasteiger partial charge on any atom is 0.283 e. The summed E-state index contributed by atoms with van der Waals surface area (Å²) in [6.07, 6.45) is 0. The Morgan fingerprint density at radius 3 is 2.71 bits per heavy atom. The van der Waals surface area contributed by atoms with Gasteiger partial charge in [-0.1, -0.05) is 42.0 Å². The van der Waals surface area contributed by atoms with Crippen LogP contribution in [-0.4, -0.2) is 16.1 Å². The van der Waals surface area contributed by atoms with Gasteiger partial charge in [0.25, 0.3) is 5.91 Å². The maximum absolute atomic E-state index is 11.5. The highest BCUT2D eigenvalue weighted by Gasteiger charge is 2.13. The van der Waals surface area contributed by atoms with Gasteiger partial charge in [0.2, 0.25) is 0 Å². The lowest BCUT2D eigenvalue weighted by atomic mass is 10.1. The summed E-state index contributed by atoms with van der Waals surface area (Å²) in [5.41, 5.74) is 6.08. The first kappa shape index (κ1) is 15.8. The Morgan fingerprint density at radius 2 is 1.96 bits per heavy atom. The van der Waals surface area contributed by atoms with E-state index in [1.165, 1.54) is 5.56 Å². The average molecular weight is 322 g/mol. The molecule has 0 atom stereocenters. The summed E-state index contributed by atoms with van der Waals surface area (Å²) in [7, 11) is 0. The van der Waals surface area contributed by atoms with Crippen LogP contribution >= 0.6 is 0 Å². The number of carbonyl (C=O) groups excluding carboxylic acids is 1. The minimum atomic E-state index is -0.424. The molecule has 1 aromatic heterocycles. The topological polar surface area (TPSA) is 93.0 Å². The van der Waals surface area contributed by atoms with Crippen molar-refractivity contribution in [2.24, 2.45) is 5.84 Å². The molecule has 2 aromatic carbocycles. The van der Waals surface area contributed by atoms with Crippen molar-refractivity contribution in [3.63, 3.8) is 0 Å². The minimum absolute atomic E-state index is 0.292. The van der Waals surface area contributed by atoms with E-state index in [0.29, 0.717) is 23.7 Å². The van der Waals surface area contributed by atoms with E-state index in [1.807, 2.05) is 43.3 Å². The lowest BCUT2D eigenvalue weighted by Gasteiger charge is -2.10. The second kappa shape index (κ2) is 6.97. The zero-order chi connectivity index (χ0) is 16.9. The number of hydrogen-bond donors (Lipinski definition) is 3. The summed E-state index contributed by atoms with van der Waals surface area (Å²) in [6, 6.07) is 17.4. The van der Waals surface area contributed by atoms with E-state index in [-0.39, 0.29) is 0 Å². The van der Waals surface area contributed by atoms with E-state index >= 15 is 0 Å². The Kier molecular flexibility index (Phi) is 4.58. The molecule has 3 rings (SSSR count). The van der Waals surface area contributed by atoms with Crippen molar-refractivity contribution >= 4 is 5.91 Å². The molecule has 6 heteroatoms. The van der Waals surface area contributed by atoms with Gasteiger partial charge in [-0.05, 0) is 30.7 Å². The predicted molar refractivity (Wildman–Crippen MR) is 91.2 cm³/mol. The first-order valence-electron chi connectivity index (χ1n) is 7.51. The van der Waals surface area contributed by atoms with Crippen LogP contribution in [0.25, 0.3) is 11.3 Å². The minimum Gasteiger partial charge on any atom is -0.488 e. The molecule has 0 aliphatic rings. The van der Waals surface area contributed by atoms with Gasteiger partial charge in [0.15, 0.2) is 0 Å². The Hall–Kier alpha value is -3.12. The Balaban J connectivity index is 1.81. The molecule has 0 radical (unpaired) electrons. The fraction of sp³-hybridized carbons (Fsp3) is 0.111. The largest absolute Gasteiger partial charge is 0.488 e. The van der Waals surface area contributed by atoms with Gasteiger partial charge in [-0.3, -0.25) is 15.3 Å². The summed E-state index contributed by atoms with van der Waals surface area (Å²) in [5.74, 6) is 5.41. The van der Waals surface area contributed by atoms with Crippen LogP contribution in [0.1, 0.15) is 21.6 Å². The number of H-pyrrole nitrogens is 1. The van der Waals surface area contributed by atoms with Gasteiger partial charge in [-0.25, -0.2) is 5.84 Å². The normalized spacial score (nSPS) is 10.4. The van der Waals surface area contributed by atoms with Crippen molar-refractivity contribution in [3.05, 3.63) is 71.4 Å². The number of nitrogen functional groups attached to an aromatic ring is 1. The SMILES string of the molecule is Cc1ccc(COc2ccccc2-c2cc(C(=O)NN)[nH]n2)cc1. The lowest BCUT2D eigenvalue weighted by Crippen LogP contribution is -2.30. The molecule has 0 bridgehead atoms. The number of rotatable bonds is 5. The number of carbonyl (C=O) groups is 1. The number of nitrogens with zero attached hydrogens (tertiary/aromatic N) is 1. The molecule has 0 fully saturated rings. The number of hydrogen-bond acceptors (Lipinski definition) is 4. The molecule has 6 nitrogen and oxygen atoms in total. The highest BCUT2D eigenvalue weighted by atomic mass is 16.5. The van der Waals surface area contributed by atoms with Crippen LogP contribution < -0.4 is 16.0 Å². The molecule has 0 aliphatic heterocycles. The molecule has 24 heavy (non-hydrogen) atoms.